The standard InChI is InChI=1S/C14H16N2O2/c1-10(12-4-2-3-7-15-12)16-9-11-5-6-13(17)14(18)8-11/h2-8,10,16-18H,9H2,1H3/t10-/m1/s1. The Hall–Kier alpha value is -2.07. The fourth-order valence-electron chi connectivity index (χ4n) is 1.69. The number of aromatic hydroxyl groups is 2. The first-order chi connectivity index (χ1) is 8.66. The van der Waals surface area contributed by atoms with Crippen molar-refractivity contribution in [2.24, 2.45) is 0 Å². The predicted octanol–water partition coefficient (Wildman–Crippen LogP) is 2.34. The van der Waals surface area contributed by atoms with E-state index in [1.165, 1.54) is 6.07 Å². The van der Waals surface area contributed by atoms with Crippen molar-refractivity contribution >= 4 is 0 Å². The zero-order valence-corrected chi connectivity index (χ0v) is 10.2. The first-order valence-corrected chi connectivity index (χ1v) is 5.82. The van der Waals surface area contributed by atoms with E-state index in [0.29, 0.717) is 6.54 Å². The smallest absolute Gasteiger partial charge is 0.157 e. The number of aromatic nitrogens is 1. The summed E-state index contributed by atoms with van der Waals surface area (Å²) in [7, 11) is 0. The second-order valence-corrected chi connectivity index (χ2v) is 4.18. The van der Waals surface area contributed by atoms with Crippen LogP contribution in [0.3, 0.4) is 0 Å². The van der Waals surface area contributed by atoms with Crippen LogP contribution in [0.15, 0.2) is 42.6 Å². The van der Waals surface area contributed by atoms with Crippen LogP contribution < -0.4 is 5.32 Å². The molecule has 1 aromatic heterocycles. The molecule has 0 aliphatic heterocycles. The molecule has 0 bridgehead atoms. The van der Waals surface area contributed by atoms with E-state index in [1.54, 1.807) is 18.3 Å². The zero-order chi connectivity index (χ0) is 13.0. The topological polar surface area (TPSA) is 65.4 Å². The van der Waals surface area contributed by atoms with Crippen molar-refractivity contribution in [2.45, 2.75) is 19.5 Å². The fraction of sp³-hybridized carbons (Fsp3) is 0.214. The number of pyridine rings is 1. The number of hydrogen-bond donors (Lipinski definition) is 3. The van der Waals surface area contributed by atoms with Crippen molar-refractivity contribution in [3.05, 3.63) is 53.9 Å². The average Bonchev–Trinajstić information content (AvgIpc) is 2.41. The monoisotopic (exact) mass is 244 g/mol. The van der Waals surface area contributed by atoms with Gasteiger partial charge in [-0.3, -0.25) is 4.98 Å². The summed E-state index contributed by atoms with van der Waals surface area (Å²) in [5.41, 5.74) is 1.88. The van der Waals surface area contributed by atoms with Crippen molar-refractivity contribution in [2.75, 3.05) is 0 Å². The number of hydrogen-bond acceptors (Lipinski definition) is 4. The molecule has 18 heavy (non-hydrogen) atoms. The van der Waals surface area contributed by atoms with Crippen molar-refractivity contribution in [1.82, 2.24) is 10.3 Å². The minimum Gasteiger partial charge on any atom is -0.504 e. The zero-order valence-electron chi connectivity index (χ0n) is 10.2. The Morgan fingerprint density at radius 3 is 2.67 bits per heavy atom. The second kappa shape index (κ2) is 5.51. The maximum atomic E-state index is 9.39. The van der Waals surface area contributed by atoms with Gasteiger partial charge in [-0.2, -0.15) is 0 Å². The molecule has 0 saturated carbocycles. The Balaban J connectivity index is 1.97. The maximum Gasteiger partial charge on any atom is 0.157 e. The molecule has 2 rings (SSSR count). The molecule has 0 aliphatic carbocycles. The quantitative estimate of drug-likeness (QED) is 0.722. The Labute approximate surface area is 106 Å². The van der Waals surface area contributed by atoms with Gasteiger partial charge in [-0.15, -0.1) is 0 Å². The van der Waals surface area contributed by atoms with Crippen LogP contribution in [0, 0.1) is 0 Å². The maximum absolute atomic E-state index is 9.39. The summed E-state index contributed by atoms with van der Waals surface area (Å²) in [5, 5.41) is 21.9. The van der Waals surface area contributed by atoms with Crippen LogP contribution in [0.5, 0.6) is 11.5 Å². The lowest BCUT2D eigenvalue weighted by Crippen LogP contribution is -2.18. The number of phenols is 2. The number of phenolic OH excluding ortho intramolecular Hbond substituents is 2. The Kier molecular flexibility index (Phi) is 3.79. The molecule has 94 valence electrons. The number of nitrogens with one attached hydrogen (secondary N) is 1. The lowest BCUT2D eigenvalue weighted by atomic mass is 10.1. The molecule has 0 unspecified atom stereocenters. The molecular formula is C14H16N2O2. The Bertz CT molecular complexity index is 514. The van der Waals surface area contributed by atoms with Crippen LogP contribution in [0.1, 0.15) is 24.2 Å². The van der Waals surface area contributed by atoms with Crippen LogP contribution in [0.4, 0.5) is 0 Å². The van der Waals surface area contributed by atoms with Crippen LogP contribution in [0.2, 0.25) is 0 Å². The molecule has 0 radical (unpaired) electrons. The summed E-state index contributed by atoms with van der Waals surface area (Å²) in [6, 6.07) is 10.7. The van der Waals surface area contributed by atoms with E-state index in [1.807, 2.05) is 25.1 Å². The summed E-state index contributed by atoms with van der Waals surface area (Å²) in [6.07, 6.45) is 1.76. The van der Waals surface area contributed by atoms with Gasteiger partial charge in [0.1, 0.15) is 0 Å². The first-order valence-electron chi connectivity index (χ1n) is 5.82. The van der Waals surface area contributed by atoms with E-state index in [0.717, 1.165) is 11.3 Å². The van der Waals surface area contributed by atoms with Gasteiger partial charge in [0, 0.05) is 18.8 Å². The number of benzene rings is 1. The van der Waals surface area contributed by atoms with Gasteiger partial charge in [-0.05, 0) is 36.8 Å². The van der Waals surface area contributed by atoms with Crippen LogP contribution in [0.25, 0.3) is 0 Å². The molecular weight excluding hydrogens is 228 g/mol. The van der Waals surface area contributed by atoms with Gasteiger partial charge < -0.3 is 15.5 Å². The van der Waals surface area contributed by atoms with E-state index in [-0.39, 0.29) is 17.5 Å². The van der Waals surface area contributed by atoms with Crippen molar-refractivity contribution < 1.29 is 10.2 Å². The molecule has 1 atom stereocenters. The van der Waals surface area contributed by atoms with E-state index < -0.39 is 0 Å². The van der Waals surface area contributed by atoms with Gasteiger partial charge in [0.15, 0.2) is 11.5 Å². The highest BCUT2D eigenvalue weighted by molar-refractivity contribution is 5.40. The molecule has 0 fully saturated rings. The predicted molar refractivity (Wildman–Crippen MR) is 69.3 cm³/mol. The van der Waals surface area contributed by atoms with Gasteiger partial charge in [-0.25, -0.2) is 0 Å². The molecule has 2 aromatic rings. The number of nitrogens with zero attached hydrogens (tertiary/aromatic N) is 1. The Morgan fingerprint density at radius 2 is 2.00 bits per heavy atom. The normalized spacial score (nSPS) is 12.3. The summed E-state index contributed by atoms with van der Waals surface area (Å²) < 4.78 is 0. The molecule has 4 heteroatoms. The minimum absolute atomic E-state index is 0.0974. The third-order valence-electron chi connectivity index (χ3n) is 2.78. The highest BCUT2D eigenvalue weighted by Crippen LogP contribution is 2.25. The minimum atomic E-state index is -0.100. The molecule has 0 amide bonds. The van der Waals surface area contributed by atoms with Gasteiger partial charge in [-0.1, -0.05) is 12.1 Å². The summed E-state index contributed by atoms with van der Waals surface area (Å²) >= 11 is 0. The third kappa shape index (κ3) is 2.99. The molecule has 3 N–H and O–H groups in total. The molecule has 0 aliphatic rings. The lowest BCUT2D eigenvalue weighted by molar-refractivity contribution is 0.402. The van der Waals surface area contributed by atoms with E-state index in [9.17, 15) is 10.2 Å². The van der Waals surface area contributed by atoms with Crippen molar-refractivity contribution in [3.8, 4) is 11.5 Å². The average molecular weight is 244 g/mol. The summed E-state index contributed by atoms with van der Waals surface area (Å²) in [6.45, 7) is 2.63. The van der Waals surface area contributed by atoms with Gasteiger partial charge in [0.25, 0.3) is 0 Å². The number of rotatable bonds is 4. The molecule has 0 spiro atoms. The van der Waals surface area contributed by atoms with Crippen molar-refractivity contribution in [3.63, 3.8) is 0 Å². The van der Waals surface area contributed by atoms with E-state index in [2.05, 4.69) is 10.3 Å². The molecule has 4 nitrogen and oxygen atoms in total. The second-order valence-electron chi connectivity index (χ2n) is 4.18. The van der Waals surface area contributed by atoms with Crippen LogP contribution in [-0.2, 0) is 6.54 Å². The Morgan fingerprint density at radius 1 is 1.17 bits per heavy atom. The molecule has 1 heterocycles. The van der Waals surface area contributed by atoms with E-state index >= 15 is 0 Å². The molecule has 0 saturated heterocycles. The van der Waals surface area contributed by atoms with Crippen LogP contribution in [-0.4, -0.2) is 15.2 Å². The van der Waals surface area contributed by atoms with Crippen LogP contribution >= 0.6 is 0 Å². The lowest BCUT2D eigenvalue weighted by Gasteiger charge is -2.13. The SMILES string of the molecule is C[C@@H](NCc1ccc(O)c(O)c1)c1ccccn1. The fourth-order valence-corrected chi connectivity index (χ4v) is 1.69. The largest absolute Gasteiger partial charge is 0.504 e. The van der Waals surface area contributed by atoms with E-state index in [4.69, 9.17) is 0 Å². The van der Waals surface area contributed by atoms with Gasteiger partial charge in [0.05, 0.1) is 5.69 Å². The highest BCUT2D eigenvalue weighted by Gasteiger charge is 2.06. The van der Waals surface area contributed by atoms with Crippen molar-refractivity contribution in [1.29, 1.82) is 0 Å². The third-order valence-corrected chi connectivity index (χ3v) is 2.78. The summed E-state index contributed by atoms with van der Waals surface area (Å²) in [4.78, 5) is 4.27. The van der Waals surface area contributed by atoms with Gasteiger partial charge in [0.2, 0.25) is 0 Å². The highest BCUT2D eigenvalue weighted by atomic mass is 16.3. The summed E-state index contributed by atoms with van der Waals surface area (Å²) in [5.74, 6) is -0.198. The first kappa shape index (κ1) is 12.4. The van der Waals surface area contributed by atoms with Gasteiger partial charge >= 0.3 is 0 Å². The molecule has 1 aromatic carbocycles.